The van der Waals surface area contributed by atoms with Gasteiger partial charge in [0, 0.05) is 29.6 Å². The molecule has 0 aliphatic carbocycles. The standard InChI is InChI=1S/C23H23N5O2/c1-2-3-13-24-23-22-19(15-28(26-22)17-7-5-4-6-8-17)18-14-16(9-11-20(18)25-23)10-12-21(29)27-30/h4-12,14-15,30H,2-3,13H2,1H3,(H,24,25)(H,27,29)/b12-10+. The van der Waals surface area contributed by atoms with Crippen molar-refractivity contribution in [1.29, 1.82) is 0 Å². The molecule has 1 amide bonds. The lowest BCUT2D eigenvalue weighted by atomic mass is 10.1. The fourth-order valence-corrected chi connectivity index (χ4v) is 3.32. The number of anilines is 1. The molecule has 4 rings (SSSR count). The Hall–Kier alpha value is -3.71. The predicted molar refractivity (Wildman–Crippen MR) is 119 cm³/mol. The average Bonchev–Trinajstić information content (AvgIpc) is 3.24. The Morgan fingerprint density at radius 1 is 1.17 bits per heavy atom. The molecular weight excluding hydrogens is 378 g/mol. The second-order valence-corrected chi connectivity index (χ2v) is 7.00. The van der Waals surface area contributed by atoms with Gasteiger partial charge in [-0.25, -0.2) is 15.1 Å². The van der Waals surface area contributed by atoms with Crippen LogP contribution in [0.5, 0.6) is 0 Å². The normalized spacial score (nSPS) is 11.4. The second kappa shape index (κ2) is 8.75. The minimum absolute atomic E-state index is 0.578. The molecule has 0 aliphatic rings. The molecule has 0 fully saturated rings. The number of unbranched alkanes of at least 4 members (excludes halogenated alkanes) is 1. The lowest BCUT2D eigenvalue weighted by Crippen LogP contribution is -2.14. The lowest BCUT2D eigenvalue weighted by molar-refractivity contribution is -0.124. The molecular formula is C23H23N5O2. The van der Waals surface area contributed by atoms with Crippen molar-refractivity contribution in [2.75, 3.05) is 11.9 Å². The maximum absolute atomic E-state index is 11.3. The highest BCUT2D eigenvalue weighted by atomic mass is 16.5. The van der Waals surface area contributed by atoms with Gasteiger partial charge in [-0.15, -0.1) is 0 Å². The fourth-order valence-electron chi connectivity index (χ4n) is 3.32. The van der Waals surface area contributed by atoms with Crippen LogP contribution in [-0.2, 0) is 4.79 Å². The van der Waals surface area contributed by atoms with Crippen molar-refractivity contribution >= 4 is 39.6 Å². The third-order valence-corrected chi connectivity index (χ3v) is 4.86. The highest BCUT2D eigenvalue weighted by Crippen LogP contribution is 2.30. The molecule has 152 valence electrons. The molecule has 0 saturated heterocycles. The first-order valence-electron chi connectivity index (χ1n) is 9.94. The number of carbonyl (C=O) groups is 1. The van der Waals surface area contributed by atoms with E-state index in [2.05, 4.69) is 12.2 Å². The monoisotopic (exact) mass is 401 g/mol. The molecule has 0 atom stereocenters. The average molecular weight is 401 g/mol. The zero-order chi connectivity index (χ0) is 20.9. The van der Waals surface area contributed by atoms with Crippen LogP contribution in [0.25, 0.3) is 33.6 Å². The van der Waals surface area contributed by atoms with Crippen LogP contribution in [0.1, 0.15) is 25.3 Å². The van der Waals surface area contributed by atoms with E-state index in [0.717, 1.165) is 58.3 Å². The summed E-state index contributed by atoms with van der Waals surface area (Å²) in [6.45, 7) is 2.99. The van der Waals surface area contributed by atoms with E-state index in [-0.39, 0.29) is 0 Å². The van der Waals surface area contributed by atoms with Gasteiger partial charge in [-0.1, -0.05) is 37.6 Å². The number of amides is 1. The van der Waals surface area contributed by atoms with Crippen LogP contribution in [0.15, 0.2) is 60.8 Å². The van der Waals surface area contributed by atoms with Crippen LogP contribution < -0.4 is 10.8 Å². The summed E-state index contributed by atoms with van der Waals surface area (Å²) in [5.74, 6) is 0.189. The van der Waals surface area contributed by atoms with Gasteiger partial charge in [-0.05, 0) is 42.3 Å². The molecule has 30 heavy (non-hydrogen) atoms. The second-order valence-electron chi connectivity index (χ2n) is 7.00. The molecule has 0 aliphatic heterocycles. The summed E-state index contributed by atoms with van der Waals surface area (Å²) < 4.78 is 1.86. The zero-order valence-corrected chi connectivity index (χ0v) is 16.7. The zero-order valence-electron chi connectivity index (χ0n) is 16.7. The SMILES string of the molecule is CCCCNc1nc2ccc(/C=C/C(=O)NO)cc2c2cn(-c3ccccc3)nc12. The number of benzene rings is 2. The third-order valence-electron chi connectivity index (χ3n) is 4.86. The smallest absolute Gasteiger partial charge is 0.267 e. The maximum Gasteiger partial charge on any atom is 0.267 e. The topological polar surface area (TPSA) is 92.1 Å². The highest BCUT2D eigenvalue weighted by molar-refractivity contribution is 6.09. The van der Waals surface area contributed by atoms with E-state index in [1.807, 2.05) is 59.4 Å². The molecule has 0 unspecified atom stereocenters. The van der Waals surface area contributed by atoms with Gasteiger partial charge in [0.25, 0.3) is 5.91 Å². The van der Waals surface area contributed by atoms with E-state index in [9.17, 15) is 4.79 Å². The molecule has 0 radical (unpaired) electrons. The number of fused-ring (bicyclic) bond motifs is 3. The molecule has 2 aromatic carbocycles. The van der Waals surface area contributed by atoms with Gasteiger partial charge in [-0.2, -0.15) is 5.10 Å². The molecule has 2 aromatic heterocycles. The Morgan fingerprint density at radius 2 is 2.00 bits per heavy atom. The Balaban J connectivity index is 1.86. The minimum atomic E-state index is -0.578. The molecule has 7 nitrogen and oxygen atoms in total. The van der Waals surface area contributed by atoms with Crippen molar-refractivity contribution in [1.82, 2.24) is 20.2 Å². The van der Waals surface area contributed by atoms with Gasteiger partial charge >= 0.3 is 0 Å². The number of para-hydroxylation sites is 1. The predicted octanol–water partition coefficient (Wildman–Crippen LogP) is 4.30. The van der Waals surface area contributed by atoms with Crippen LogP contribution in [0.4, 0.5) is 5.82 Å². The first-order valence-corrected chi connectivity index (χ1v) is 9.94. The third kappa shape index (κ3) is 4.01. The van der Waals surface area contributed by atoms with Crippen LogP contribution >= 0.6 is 0 Å². The summed E-state index contributed by atoms with van der Waals surface area (Å²) >= 11 is 0. The molecule has 0 spiro atoms. The van der Waals surface area contributed by atoms with Gasteiger partial charge in [0.2, 0.25) is 0 Å². The van der Waals surface area contributed by atoms with E-state index in [4.69, 9.17) is 15.3 Å². The molecule has 0 saturated carbocycles. The van der Waals surface area contributed by atoms with Crippen molar-refractivity contribution in [2.24, 2.45) is 0 Å². The highest BCUT2D eigenvalue weighted by Gasteiger charge is 2.13. The Bertz CT molecular complexity index is 1210. The molecule has 4 aromatic rings. The van der Waals surface area contributed by atoms with Crippen molar-refractivity contribution < 1.29 is 10.0 Å². The van der Waals surface area contributed by atoms with Gasteiger partial charge < -0.3 is 5.32 Å². The quantitative estimate of drug-likeness (QED) is 0.186. The van der Waals surface area contributed by atoms with E-state index in [1.165, 1.54) is 6.08 Å². The number of nitrogens with one attached hydrogen (secondary N) is 2. The number of pyridine rings is 1. The number of hydrogen-bond donors (Lipinski definition) is 3. The van der Waals surface area contributed by atoms with Crippen molar-refractivity contribution in [3.63, 3.8) is 0 Å². The molecule has 7 heteroatoms. The lowest BCUT2D eigenvalue weighted by Gasteiger charge is -2.08. The first kappa shape index (κ1) is 19.6. The summed E-state index contributed by atoms with van der Waals surface area (Å²) in [7, 11) is 0. The van der Waals surface area contributed by atoms with Crippen molar-refractivity contribution in [3.8, 4) is 5.69 Å². The molecule has 0 bridgehead atoms. The van der Waals surface area contributed by atoms with E-state index in [1.54, 1.807) is 11.6 Å². The first-order chi connectivity index (χ1) is 14.7. The van der Waals surface area contributed by atoms with Crippen molar-refractivity contribution in [3.05, 3.63) is 66.4 Å². The Labute approximate surface area is 174 Å². The van der Waals surface area contributed by atoms with Crippen LogP contribution in [0, 0.1) is 0 Å². The maximum atomic E-state index is 11.3. The van der Waals surface area contributed by atoms with Crippen LogP contribution in [-0.4, -0.2) is 32.4 Å². The summed E-state index contributed by atoms with van der Waals surface area (Å²) in [4.78, 5) is 16.1. The van der Waals surface area contributed by atoms with E-state index >= 15 is 0 Å². The fraction of sp³-hybridized carbons (Fsp3) is 0.174. The number of aromatic nitrogens is 3. The number of carbonyl (C=O) groups excluding carboxylic acids is 1. The number of nitrogens with zero attached hydrogens (tertiary/aromatic N) is 3. The largest absolute Gasteiger partial charge is 0.368 e. The van der Waals surface area contributed by atoms with Gasteiger partial charge in [0.05, 0.1) is 11.2 Å². The number of hydrogen-bond acceptors (Lipinski definition) is 5. The summed E-state index contributed by atoms with van der Waals surface area (Å²) in [6, 6.07) is 15.7. The van der Waals surface area contributed by atoms with Gasteiger partial charge in [0.1, 0.15) is 5.52 Å². The van der Waals surface area contributed by atoms with E-state index in [0.29, 0.717) is 0 Å². The number of hydroxylamine groups is 1. The van der Waals surface area contributed by atoms with E-state index < -0.39 is 5.91 Å². The molecule has 3 N–H and O–H groups in total. The minimum Gasteiger partial charge on any atom is -0.368 e. The van der Waals surface area contributed by atoms with Crippen LogP contribution in [0.3, 0.4) is 0 Å². The van der Waals surface area contributed by atoms with Gasteiger partial charge in [0.15, 0.2) is 5.82 Å². The Kier molecular flexibility index (Phi) is 5.72. The summed E-state index contributed by atoms with van der Waals surface area (Å²) in [6.07, 6.45) is 7.08. The van der Waals surface area contributed by atoms with Crippen molar-refractivity contribution in [2.45, 2.75) is 19.8 Å². The number of rotatable bonds is 7. The molecule has 2 heterocycles. The summed E-state index contributed by atoms with van der Waals surface area (Å²) in [5.41, 5.74) is 5.04. The summed E-state index contributed by atoms with van der Waals surface area (Å²) in [5, 5.41) is 18.8. The van der Waals surface area contributed by atoms with Crippen LogP contribution in [0.2, 0.25) is 0 Å². The van der Waals surface area contributed by atoms with Gasteiger partial charge in [-0.3, -0.25) is 10.0 Å². The Morgan fingerprint density at radius 3 is 2.77 bits per heavy atom.